The van der Waals surface area contributed by atoms with E-state index in [2.05, 4.69) is 5.32 Å². The van der Waals surface area contributed by atoms with Crippen LogP contribution in [0.15, 0.2) is 6.07 Å². The summed E-state index contributed by atoms with van der Waals surface area (Å²) in [5.74, 6) is 1.95. The molecule has 0 saturated heterocycles. The molecule has 23 heavy (non-hydrogen) atoms. The number of ether oxygens (including phenoxy) is 1. The van der Waals surface area contributed by atoms with Crippen LogP contribution in [0.5, 0.6) is 0 Å². The van der Waals surface area contributed by atoms with Crippen molar-refractivity contribution in [3.63, 3.8) is 0 Å². The summed E-state index contributed by atoms with van der Waals surface area (Å²) in [6.45, 7) is 1.94. The van der Waals surface area contributed by atoms with Gasteiger partial charge in [-0.3, -0.25) is 4.79 Å². The predicted molar refractivity (Wildman–Crippen MR) is 89.6 cm³/mol. The summed E-state index contributed by atoms with van der Waals surface area (Å²) in [5.41, 5.74) is 0.285. The molecule has 0 unspecified atom stereocenters. The molecule has 1 N–H and O–H groups in total. The van der Waals surface area contributed by atoms with Crippen LogP contribution in [0.2, 0.25) is 0 Å². The third-order valence-corrected chi connectivity index (χ3v) is 6.97. The number of nitrogens with one attached hydrogen (secondary N) is 1. The Morgan fingerprint density at radius 2 is 1.74 bits per heavy atom. The van der Waals surface area contributed by atoms with E-state index < -0.39 is 0 Å². The van der Waals surface area contributed by atoms with Crippen molar-refractivity contribution >= 4 is 28.2 Å². The normalized spacial score (nSPS) is 34.4. The minimum Gasteiger partial charge on any atom is -0.465 e. The second-order valence-corrected chi connectivity index (χ2v) is 9.00. The van der Waals surface area contributed by atoms with Gasteiger partial charge in [0.1, 0.15) is 5.00 Å². The van der Waals surface area contributed by atoms with Gasteiger partial charge >= 0.3 is 5.97 Å². The van der Waals surface area contributed by atoms with Crippen LogP contribution in [0.4, 0.5) is 5.00 Å². The van der Waals surface area contributed by atoms with Crippen LogP contribution in [0.25, 0.3) is 0 Å². The van der Waals surface area contributed by atoms with Crippen LogP contribution in [-0.4, -0.2) is 19.0 Å². The number of hydrogen-bond donors (Lipinski definition) is 1. The van der Waals surface area contributed by atoms with Crippen molar-refractivity contribution in [3.05, 3.63) is 16.5 Å². The Balaban J connectivity index is 1.58. The first-order chi connectivity index (χ1) is 11.0. The summed E-state index contributed by atoms with van der Waals surface area (Å²) in [6, 6.07) is 1.80. The van der Waals surface area contributed by atoms with Crippen molar-refractivity contribution in [2.24, 2.45) is 23.2 Å². The molecule has 1 heterocycles. The van der Waals surface area contributed by atoms with E-state index in [1.165, 1.54) is 37.7 Å². The molecule has 4 aliphatic carbocycles. The maximum absolute atomic E-state index is 13.1. The first-order valence-electron chi connectivity index (χ1n) is 8.49. The topological polar surface area (TPSA) is 55.4 Å². The van der Waals surface area contributed by atoms with Gasteiger partial charge in [-0.05, 0) is 69.3 Å². The van der Waals surface area contributed by atoms with Gasteiger partial charge in [-0.25, -0.2) is 4.79 Å². The summed E-state index contributed by atoms with van der Waals surface area (Å²) < 4.78 is 4.84. The molecule has 1 aromatic rings. The van der Waals surface area contributed by atoms with Crippen LogP contribution in [0.1, 0.15) is 53.8 Å². The molecule has 4 aliphatic rings. The molecule has 4 nitrogen and oxygen atoms in total. The van der Waals surface area contributed by atoms with E-state index in [9.17, 15) is 9.59 Å². The molecule has 1 amide bonds. The quantitative estimate of drug-likeness (QED) is 0.851. The lowest BCUT2D eigenvalue weighted by Crippen LogP contribution is -2.51. The Bertz CT molecular complexity index is 628. The van der Waals surface area contributed by atoms with E-state index in [4.69, 9.17) is 4.74 Å². The third-order valence-electron chi connectivity index (χ3n) is 6.01. The SMILES string of the molecule is COC(=O)c1cc(C)sc1NC(=O)C12CC3CC(CC(C3)C1)C2. The highest BCUT2D eigenvalue weighted by Crippen LogP contribution is 2.60. The van der Waals surface area contributed by atoms with Gasteiger partial charge in [0, 0.05) is 4.88 Å². The van der Waals surface area contributed by atoms with Crippen LogP contribution in [-0.2, 0) is 9.53 Å². The van der Waals surface area contributed by atoms with E-state index in [1.54, 1.807) is 6.07 Å². The molecule has 124 valence electrons. The Kier molecular flexibility index (Phi) is 3.52. The van der Waals surface area contributed by atoms with Gasteiger partial charge in [0.2, 0.25) is 5.91 Å². The first kappa shape index (κ1) is 15.2. The van der Waals surface area contributed by atoms with Gasteiger partial charge in [0.05, 0.1) is 18.1 Å². The van der Waals surface area contributed by atoms with Gasteiger partial charge in [-0.1, -0.05) is 0 Å². The summed E-state index contributed by atoms with van der Waals surface area (Å²) in [6.07, 6.45) is 7.04. The lowest BCUT2D eigenvalue weighted by molar-refractivity contribution is -0.140. The molecule has 4 fully saturated rings. The van der Waals surface area contributed by atoms with Gasteiger partial charge in [0.25, 0.3) is 0 Å². The van der Waals surface area contributed by atoms with Crippen LogP contribution in [0, 0.1) is 30.1 Å². The number of carbonyl (C=O) groups excluding carboxylic acids is 2. The summed E-state index contributed by atoms with van der Waals surface area (Å²) in [5, 5.41) is 3.73. The van der Waals surface area contributed by atoms with E-state index in [0.29, 0.717) is 10.6 Å². The molecule has 4 bridgehead atoms. The van der Waals surface area contributed by atoms with E-state index in [-0.39, 0.29) is 17.3 Å². The van der Waals surface area contributed by atoms with Gasteiger partial charge in [0.15, 0.2) is 0 Å². The van der Waals surface area contributed by atoms with Crippen molar-refractivity contribution < 1.29 is 14.3 Å². The number of thiophene rings is 1. The number of anilines is 1. The summed E-state index contributed by atoms with van der Waals surface area (Å²) in [7, 11) is 1.38. The van der Waals surface area contributed by atoms with Crippen LogP contribution < -0.4 is 5.32 Å². The lowest BCUT2D eigenvalue weighted by atomic mass is 9.49. The second-order valence-electron chi connectivity index (χ2n) is 7.74. The molecule has 4 saturated carbocycles. The van der Waals surface area contributed by atoms with Gasteiger partial charge in [-0.2, -0.15) is 0 Å². The average molecular weight is 333 g/mol. The van der Waals surface area contributed by atoms with Gasteiger partial charge < -0.3 is 10.1 Å². The highest BCUT2D eigenvalue weighted by molar-refractivity contribution is 7.16. The summed E-state index contributed by atoms with van der Waals surface area (Å²) >= 11 is 1.46. The van der Waals surface area contributed by atoms with Gasteiger partial charge in [-0.15, -0.1) is 11.3 Å². The van der Waals surface area contributed by atoms with Crippen molar-refractivity contribution in [1.82, 2.24) is 0 Å². The zero-order valence-corrected chi connectivity index (χ0v) is 14.5. The van der Waals surface area contributed by atoms with E-state index in [0.717, 1.165) is 41.9 Å². The number of aryl methyl sites for hydroxylation is 1. The maximum atomic E-state index is 13.1. The molecular formula is C18H23NO3S. The smallest absolute Gasteiger partial charge is 0.340 e. The largest absolute Gasteiger partial charge is 0.465 e. The standard InChI is InChI=1S/C18H23NO3S/c1-10-3-14(16(20)22-2)15(23-10)19-17(21)18-7-11-4-12(8-18)6-13(5-11)9-18/h3,11-13H,4-9H2,1-2H3,(H,19,21). The number of carbonyl (C=O) groups is 2. The maximum Gasteiger partial charge on any atom is 0.340 e. The van der Waals surface area contributed by atoms with Crippen LogP contribution >= 0.6 is 11.3 Å². The first-order valence-corrected chi connectivity index (χ1v) is 9.31. The fourth-order valence-electron chi connectivity index (χ4n) is 5.49. The predicted octanol–water partition coefficient (Wildman–Crippen LogP) is 4.00. The Hall–Kier alpha value is -1.36. The molecular weight excluding hydrogens is 310 g/mol. The zero-order chi connectivity index (χ0) is 16.2. The Morgan fingerprint density at radius 1 is 1.17 bits per heavy atom. The fraction of sp³-hybridized carbons (Fsp3) is 0.667. The van der Waals surface area contributed by atoms with E-state index in [1.807, 2.05) is 6.92 Å². The lowest BCUT2D eigenvalue weighted by Gasteiger charge is -2.55. The molecule has 0 atom stereocenters. The van der Waals surface area contributed by atoms with E-state index >= 15 is 0 Å². The third kappa shape index (κ3) is 2.49. The number of methoxy groups -OCH3 is 1. The van der Waals surface area contributed by atoms with Crippen molar-refractivity contribution in [2.75, 3.05) is 12.4 Å². The molecule has 1 aromatic heterocycles. The highest BCUT2D eigenvalue weighted by Gasteiger charge is 2.54. The zero-order valence-electron chi connectivity index (χ0n) is 13.7. The monoisotopic (exact) mass is 333 g/mol. The molecule has 5 rings (SSSR count). The van der Waals surface area contributed by atoms with Crippen LogP contribution in [0.3, 0.4) is 0 Å². The number of amides is 1. The highest BCUT2D eigenvalue weighted by atomic mass is 32.1. The minimum absolute atomic E-state index is 0.128. The van der Waals surface area contributed by atoms with Crippen molar-refractivity contribution in [2.45, 2.75) is 45.4 Å². The number of rotatable bonds is 3. The van der Waals surface area contributed by atoms with Crippen molar-refractivity contribution in [1.29, 1.82) is 0 Å². The molecule has 0 spiro atoms. The minimum atomic E-state index is -0.379. The molecule has 0 aliphatic heterocycles. The molecule has 0 radical (unpaired) electrons. The molecule has 5 heteroatoms. The second kappa shape index (κ2) is 5.33. The Morgan fingerprint density at radius 3 is 2.26 bits per heavy atom. The summed E-state index contributed by atoms with van der Waals surface area (Å²) in [4.78, 5) is 26.0. The number of hydrogen-bond acceptors (Lipinski definition) is 4. The Labute approximate surface area is 140 Å². The number of esters is 1. The average Bonchev–Trinajstić information content (AvgIpc) is 2.85. The molecule has 0 aromatic carbocycles. The van der Waals surface area contributed by atoms with Crippen molar-refractivity contribution in [3.8, 4) is 0 Å². The fourth-order valence-corrected chi connectivity index (χ4v) is 6.39.